The van der Waals surface area contributed by atoms with Gasteiger partial charge in [-0.05, 0) is 25.3 Å². The molecule has 0 amide bonds. The summed E-state index contributed by atoms with van der Waals surface area (Å²) < 4.78 is 0. The molecule has 1 aromatic carbocycles. The van der Waals surface area contributed by atoms with Crippen LogP contribution in [0.4, 0.5) is 0 Å². The third kappa shape index (κ3) is 3.39. The normalized spacial score (nSPS) is 12.6. The van der Waals surface area contributed by atoms with Crippen molar-refractivity contribution in [2.45, 2.75) is 26.2 Å². The Morgan fingerprint density at radius 1 is 1.35 bits per heavy atom. The Morgan fingerprint density at radius 3 is 2.76 bits per heavy atom. The molecule has 0 saturated heterocycles. The first kappa shape index (κ1) is 12.8. The van der Waals surface area contributed by atoms with E-state index in [2.05, 4.69) is 64.4 Å². The van der Waals surface area contributed by atoms with Crippen molar-refractivity contribution in [2.75, 3.05) is 5.33 Å². The van der Waals surface area contributed by atoms with E-state index >= 15 is 0 Å². The summed E-state index contributed by atoms with van der Waals surface area (Å²) in [4.78, 5) is 4.54. The van der Waals surface area contributed by atoms with E-state index < -0.39 is 0 Å². The predicted octanol–water partition coefficient (Wildman–Crippen LogP) is 4.48. The molecule has 0 N–H and O–H groups in total. The highest BCUT2D eigenvalue weighted by atomic mass is 79.9. The zero-order valence-electron chi connectivity index (χ0n) is 10.1. The maximum absolute atomic E-state index is 4.54. The number of hydrogen-bond acceptors (Lipinski definition) is 2. The van der Waals surface area contributed by atoms with Gasteiger partial charge in [0.1, 0.15) is 0 Å². The average molecular weight is 310 g/mol. The Bertz CT molecular complexity index is 492. The molecule has 0 aliphatic carbocycles. The summed E-state index contributed by atoms with van der Waals surface area (Å²) in [6.07, 6.45) is 1.02. The van der Waals surface area contributed by atoms with Gasteiger partial charge in [-0.2, -0.15) is 0 Å². The minimum Gasteiger partial charge on any atom is -0.247 e. The van der Waals surface area contributed by atoms with E-state index in [1.165, 1.54) is 16.1 Å². The summed E-state index contributed by atoms with van der Waals surface area (Å²) in [7, 11) is 0. The van der Waals surface area contributed by atoms with Crippen LogP contribution in [-0.4, -0.2) is 10.3 Å². The van der Waals surface area contributed by atoms with E-state index in [0.717, 1.165) is 17.4 Å². The van der Waals surface area contributed by atoms with Crippen molar-refractivity contribution >= 4 is 27.3 Å². The number of benzene rings is 1. The van der Waals surface area contributed by atoms with Crippen LogP contribution in [0.2, 0.25) is 0 Å². The lowest BCUT2D eigenvalue weighted by Gasteiger charge is -2.13. The molecule has 0 radical (unpaired) electrons. The molecule has 1 atom stereocenters. The first-order valence-corrected chi connectivity index (χ1v) is 7.72. The molecule has 0 spiro atoms. The minimum atomic E-state index is 0.514. The van der Waals surface area contributed by atoms with Gasteiger partial charge in [0.25, 0.3) is 0 Å². The summed E-state index contributed by atoms with van der Waals surface area (Å²) in [6, 6.07) is 8.75. The first-order valence-electron chi connectivity index (χ1n) is 5.72. The molecule has 0 aliphatic rings. The Morgan fingerprint density at radius 2 is 2.18 bits per heavy atom. The van der Waals surface area contributed by atoms with Gasteiger partial charge in [0, 0.05) is 22.8 Å². The molecule has 90 valence electrons. The van der Waals surface area contributed by atoms with Crippen LogP contribution in [0, 0.1) is 13.8 Å². The second kappa shape index (κ2) is 5.78. The molecular weight excluding hydrogens is 294 g/mol. The molecule has 17 heavy (non-hydrogen) atoms. The van der Waals surface area contributed by atoms with Crippen molar-refractivity contribution in [3.63, 3.8) is 0 Å². The Labute approximate surface area is 115 Å². The Balaban J connectivity index is 2.16. The highest BCUT2D eigenvalue weighted by molar-refractivity contribution is 9.09. The number of halogens is 1. The van der Waals surface area contributed by atoms with Crippen molar-refractivity contribution in [3.8, 4) is 0 Å². The molecule has 2 rings (SSSR count). The van der Waals surface area contributed by atoms with E-state index in [9.17, 15) is 0 Å². The fourth-order valence-corrected chi connectivity index (χ4v) is 3.35. The summed E-state index contributed by atoms with van der Waals surface area (Å²) >= 11 is 5.38. The third-order valence-corrected chi connectivity index (χ3v) is 4.56. The van der Waals surface area contributed by atoms with Crippen LogP contribution in [0.1, 0.15) is 27.7 Å². The molecule has 3 heteroatoms. The SMILES string of the molecule is Cc1cccc(C(CBr)Cc2nc(C)cs2)c1. The van der Waals surface area contributed by atoms with Gasteiger partial charge in [-0.25, -0.2) is 4.98 Å². The molecule has 1 unspecified atom stereocenters. The highest BCUT2D eigenvalue weighted by Crippen LogP contribution is 2.25. The van der Waals surface area contributed by atoms with Gasteiger partial charge in [-0.1, -0.05) is 45.8 Å². The van der Waals surface area contributed by atoms with E-state index in [0.29, 0.717) is 5.92 Å². The molecule has 0 aliphatic heterocycles. The largest absolute Gasteiger partial charge is 0.247 e. The number of alkyl halides is 1. The average Bonchev–Trinajstić information content (AvgIpc) is 2.72. The van der Waals surface area contributed by atoms with Crippen LogP contribution in [0.5, 0.6) is 0 Å². The van der Waals surface area contributed by atoms with Gasteiger partial charge < -0.3 is 0 Å². The van der Waals surface area contributed by atoms with Gasteiger partial charge in [0.2, 0.25) is 0 Å². The first-order chi connectivity index (χ1) is 8.19. The predicted molar refractivity (Wildman–Crippen MR) is 78.3 cm³/mol. The smallest absolute Gasteiger partial charge is 0.0934 e. The number of hydrogen-bond donors (Lipinski definition) is 0. The standard InChI is InChI=1S/C14H16BrNS/c1-10-4-3-5-12(6-10)13(8-15)7-14-16-11(2)9-17-14/h3-6,9,13H,7-8H2,1-2H3. The van der Waals surface area contributed by atoms with Crippen LogP contribution >= 0.6 is 27.3 Å². The maximum Gasteiger partial charge on any atom is 0.0934 e. The van der Waals surface area contributed by atoms with Gasteiger partial charge in [-0.3, -0.25) is 0 Å². The molecule has 0 bridgehead atoms. The second-order valence-corrected chi connectivity index (χ2v) is 5.94. The fourth-order valence-electron chi connectivity index (χ4n) is 1.89. The molecule has 1 nitrogen and oxygen atoms in total. The molecule has 0 fully saturated rings. The Kier molecular flexibility index (Phi) is 4.35. The topological polar surface area (TPSA) is 12.9 Å². The number of thiazole rings is 1. The summed E-state index contributed by atoms with van der Waals surface area (Å²) in [6.45, 7) is 4.19. The third-order valence-electron chi connectivity index (χ3n) is 2.79. The summed E-state index contributed by atoms with van der Waals surface area (Å²) in [5.41, 5.74) is 3.85. The monoisotopic (exact) mass is 309 g/mol. The van der Waals surface area contributed by atoms with E-state index in [1.807, 2.05) is 0 Å². The second-order valence-electron chi connectivity index (χ2n) is 4.35. The van der Waals surface area contributed by atoms with Gasteiger partial charge >= 0.3 is 0 Å². The zero-order valence-corrected chi connectivity index (χ0v) is 12.5. The van der Waals surface area contributed by atoms with Crippen molar-refractivity contribution in [1.29, 1.82) is 0 Å². The van der Waals surface area contributed by atoms with Crippen LogP contribution < -0.4 is 0 Å². The maximum atomic E-state index is 4.54. The molecule has 0 saturated carbocycles. The molecule has 1 heterocycles. The van der Waals surface area contributed by atoms with Gasteiger partial charge in [-0.15, -0.1) is 11.3 Å². The summed E-state index contributed by atoms with van der Waals surface area (Å²) in [5, 5.41) is 4.33. The lowest BCUT2D eigenvalue weighted by molar-refractivity contribution is 0.767. The van der Waals surface area contributed by atoms with Gasteiger partial charge in [0.05, 0.1) is 5.01 Å². The Hall–Kier alpha value is -0.670. The zero-order chi connectivity index (χ0) is 12.3. The van der Waals surface area contributed by atoms with Crippen LogP contribution in [0.15, 0.2) is 29.6 Å². The number of nitrogens with zero attached hydrogens (tertiary/aromatic N) is 1. The van der Waals surface area contributed by atoms with Crippen LogP contribution in [0.25, 0.3) is 0 Å². The van der Waals surface area contributed by atoms with Gasteiger partial charge in [0.15, 0.2) is 0 Å². The number of aromatic nitrogens is 1. The molecule has 2 aromatic rings. The quantitative estimate of drug-likeness (QED) is 0.759. The van der Waals surface area contributed by atoms with Crippen molar-refractivity contribution in [1.82, 2.24) is 4.98 Å². The van der Waals surface area contributed by atoms with Crippen molar-refractivity contribution in [2.24, 2.45) is 0 Å². The molecular formula is C14H16BrNS. The van der Waals surface area contributed by atoms with Crippen molar-refractivity contribution in [3.05, 3.63) is 51.5 Å². The van der Waals surface area contributed by atoms with Crippen LogP contribution in [0.3, 0.4) is 0 Å². The minimum absolute atomic E-state index is 0.514. The highest BCUT2D eigenvalue weighted by Gasteiger charge is 2.13. The van der Waals surface area contributed by atoms with Crippen LogP contribution in [-0.2, 0) is 6.42 Å². The van der Waals surface area contributed by atoms with Crippen molar-refractivity contribution < 1.29 is 0 Å². The lowest BCUT2D eigenvalue weighted by Crippen LogP contribution is -2.04. The lowest BCUT2D eigenvalue weighted by atomic mass is 9.97. The summed E-state index contributed by atoms with van der Waals surface area (Å²) in [5.74, 6) is 0.514. The van der Waals surface area contributed by atoms with E-state index in [1.54, 1.807) is 11.3 Å². The molecule has 1 aromatic heterocycles. The number of rotatable bonds is 4. The van der Waals surface area contributed by atoms with E-state index in [4.69, 9.17) is 0 Å². The van der Waals surface area contributed by atoms with E-state index in [-0.39, 0.29) is 0 Å². The number of aryl methyl sites for hydroxylation is 2. The fraction of sp³-hybridized carbons (Fsp3) is 0.357.